The van der Waals surface area contributed by atoms with Crippen molar-refractivity contribution in [1.82, 2.24) is 0 Å². The van der Waals surface area contributed by atoms with E-state index >= 15 is 0 Å². The van der Waals surface area contributed by atoms with Gasteiger partial charge in [0.2, 0.25) is 5.91 Å². The third kappa shape index (κ3) is 6.40. The van der Waals surface area contributed by atoms with Crippen molar-refractivity contribution in [2.45, 2.75) is 51.4 Å². The predicted octanol–water partition coefficient (Wildman–Crippen LogP) is 2.37. The quantitative estimate of drug-likeness (QED) is 0.637. The maximum Gasteiger partial charge on any atom is 0.217 e. The average Bonchev–Trinajstić information content (AvgIpc) is 1.98. The topological polar surface area (TPSA) is 43.1 Å². The van der Waals surface area contributed by atoms with Crippen molar-refractivity contribution < 1.29 is 4.79 Å². The summed E-state index contributed by atoms with van der Waals surface area (Å²) in [6.07, 6.45) is 3.15. The van der Waals surface area contributed by atoms with Gasteiger partial charge in [-0.25, -0.2) is 0 Å². The van der Waals surface area contributed by atoms with Gasteiger partial charge in [-0.05, 0) is 6.04 Å². The molecule has 0 unspecified atom stereocenters. The van der Waals surface area contributed by atoms with Gasteiger partial charge in [-0.15, -0.1) is 0 Å². The highest BCUT2D eigenvalue weighted by Crippen LogP contribution is 2.19. The Morgan fingerprint density at radius 2 is 1.92 bits per heavy atom. The Labute approximate surface area is 76.5 Å². The lowest BCUT2D eigenvalue weighted by Gasteiger charge is -2.20. The lowest BCUT2D eigenvalue weighted by molar-refractivity contribution is -0.117. The SMILES string of the molecule is CCCC[Si](C)(C)CCC(N)=O. The van der Waals surface area contributed by atoms with Crippen LogP contribution in [-0.4, -0.2) is 14.0 Å². The zero-order valence-corrected chi connectivity index (χ0v) is 9.52. The van der Waals surface area contributed by atoms with Crippen LogP contribution in [0.25, 0.3) is 0 Å². The molecule has 0 fully saturated rings. The second-order valence-corrected chi connectivity index (χ2v) is 9.56. The number of hydrogen-bond acceptors (Lipinski definition) is 1. The summed E-state index contributed by atoms with van der Waals surface area (Å²) >= 11 is 0. The van der Waals surface area contributed by atoms with E-state index in [1.807, 2.05) is 0 Å². The monoisotopic (exact) mass is 187 g/mol. The normalized spacial score (nSPS) is 11.6. The first-order valence-corrected chi connectivity index (χ1v) is 8.17. The van der Waals surface area contributed by atoms with E-state index in [9.17, 15) is 4.79 Å². The molecule has 0 spiro atoms. The second-order valence-electron chi connectivity index (χ2n) is 4.23. The van der Waals surface area contributed by atoms with E-state index < -0.39 is 8.07 Å². The molecule has 0 saturated heterocycles. The Hall–Kier alpha value is -0.313. The summed E-state index contributed by atoms with van der Waals surface area (Å²) in [7, 11) is -1.09. The van der Waals surface area contributed by atoms with Crippen LogP contribution in [0.2, 0.25) is 25.2 Å². The van der Waals surface area contributed by atoms with Gasteiger partial charge < -0.3 is 5.73 Å². The van der Waals surface area contributed by atoms with Gasteiger partial charge in [0.1, 0.15) is 0 Å². The minimum absolute atomic E-state index is 0.146. The van der Waals surface area contributed by atoms with Crippen LogP contribution in [0.4, 0.5) is 0 Å². The summed E-state index contributed by atoms with van der Waals surface area (Å²) in [5, 5.41) is 0. The fourth-order valence-corrected chi connectivity index (χ4v) is 3.73. The maximum absolute atomic E-state index is 10.6. The standard InChI is InChI=1S/C9H21NOSi/c1-4-5-7-12(2,3)8-6-9(10)11/h4-8H2,1-3H3,(H2,10,11). The van der Waals surface area contributed by atoms with E-state index in [1.165, 1.54) is 18.9 Å². The summed E-state index contributed by atoms with van der Waals surface area (Å²) in [4.78, 5) is 10.6. The van der Waals surface area contributed by atoms with Gasteiger partial charge in [-0.2, -0.15) is 0 Å². The number of nitrogens with two attached hydrogens (primary N) is 1. The number of amides is 1. The summed E-state index contributed by atoms with van der Waals surface area (Å²) in [6.45, 7) is 6.88. The molecule has 0 radical (unpaired) electrons. The summed E-state index contributed by atoms with van der Waals surface area (Å²) in [6, 6.07) is 2.39. The molecule has 72 valence electrons. The van der Waals surface area contributed by atoms with Gasteiger partial charge >= 0.3 is 0 Å². The number of carbonyl (C=O) groups is 1. The highest BCUT2D eigenvalue weighted by molar-refractivity contribution is 6.77. The Morgan fingerprint density at radius 3 is 2.33 bits per heavy atom. The van der Waals surface area contributed by atoms with Crippen LogP contribution in [0.5, 0.6) is 0 Å². The molecule has 0 aliphatic rings. The van der Waals surface area contributed by atoms with E-state index in [-0.39, 0.29) is 5.91 Å². The molecule has 1 amide bonds. The zero-order valence-electron chi connectivity index (χ0n) is 8.52. The number of unbranched alkanes of at least 4 members (excludes halogenated alkanes) is 1. The van der Waals surface area contributed by atoms with Crippen LogP contribution < -0.4 is 5.73 Å². The van der Waals surface area contributed by atoms with Gasteiger partial charge in [-0.3, -0.25) is 4.79 Å². The third-order valence-corrected chi connectivity index (χ3v) is 5.57. The second kappa shape index (κ2) is 5.35. The van der Waals surface area contributed by atoms with Crippen LogP contribution in [0.1, 0.15) is 26.2 Å². The van der Waals surface area contributed by atoms with Crippen molar-refractivity contribution >= 4 is 14.0 Å². The van der Waals surface area contributed by atoms with E-state index in [4.69, 9.17) is 5.73 Å². The minimum Gasteiger partial charge on any atom is -0.370 e. The van der Waals surface area contributed by atoms with Crippen molar-refractivity contribution in [3.63, 3.8) is 0 Å². The van der Waals surface area contributed by atoms with Crippen LogP contribution in [-0.2, 0) is 4.79 Å². The molecule has 0 aliphatic carbocycles. The van der Waals surface area contributed by atoms with Crippen LogP contribution in [0.3, 0.4) is 0 Å². The average molecular weight is 187 g/mol. The maximum atomic E-state index is 10.6. The lowest BCUT2D eigenvalue weighted by Crippen LogP contribution is -2.27. The zero-order chi connectivity index (χ0) is 9.61. The van der Waals surface area contributed by atoms with Crippen LogP contribution >= 0.6 is 0 Å². The molecule has 0 saturated carbocycles. The molecule has 0 bridgehead atoms. The molecule has 0 aromatic carbocycles. The fourth-order valence-electron chi connectivity index (χ4n) is 1.24. The molecule has 0 rings (SSSR count). The van der Waals surface area contributed by atoms with E-state index in [2.05, 4.69) is 20.0 Å². The van der Waals surface area contributed by atoms with E-state index in [0.717, 1.165) is 6.04 Å². The number of hydrogen-bond donors (Lipinski definition) is 1. The highest BCUT2D eigenvalue weighted by Gasteiger charge is 2.19. The first kappa shape index (κ1) is 11.7. The van der Waals surface area contributed by atoms with Crippen molar-refractivity contribution in [1.29, 1.82) is 0 Å². The Kier molecular flexibility index (Phi) is 5.21. The Bertz CT molecular complexity index is 145. The van der Waals surface area contributed by atoms with E-state index in [1.54, 1.807) is 0 Å². The van der Waals surface area contributed by atoms with Gasteiger partial charge in [0, 0.05) is 14.5 Å². The molecular weight excluding hydrogens is 166 g/mol. The van der Waals surface area contributed by atoms with Crippen molar-refractivity contribution in [2.75, 3.05) is 0 Å². The Morgan fingerprint density at radius 1 is 1.33 bits per heavy atom. The molecule has 0 heterocycles. The highest BCUT2D eigenvalue weighted by atomic mass is 28.3. The molecule has 0 atom stereocenters. The molecule has 0 aromatic rings. The smallest absolute Gasteiger partial charge is 0.217 e. The summed E-state index contributed by atoms with van der Waals surface area (Å²) in [5.41, 5.74) is 5.11. The number of rotatable bonds is 6. The fraction of sp³-hybridized carbons (Fsp3) is 0.889. The predicted molar refractivity (Wildman–Crippen MR) is 55.8 cm³/mol. The van der Waals surface area contributed by atoms with Crippen molar-refractivity contribution in [3.05, 3.63) is 0 Å². The molecule has 2 N–H and O–H groups in total. The molecular formula is C9H21NOSi. The largest absolute Gasteiger partial charge is 0.370 e. The van der Waals surface area contributed by atoms with Crippen LogP contribution in [0.15, 0.2) is 0 Å². The lowest BCUT2D eigenvalue weighted by atomic mass is 10.4. The first-order valence-electron chi connectivity index (χ1n) is 4.76. The summed E-state index contributed by atoms with van der Waals surface area (Å²) < 4.78 is 0. The first-order chi connectivity index (χ1) is 5.48. The Balaban J connectivity index is 3.63. The summed E-state index contributed by atoms with van der Waals surface area (Å²) in [5.74, 6) is -0.146. The minimum atomic E-state index is -1.09. The van der Waals surface area contributed by atoms with Crippen molar-refractivity contribution in [2.24, 2.45) is 5.73 Å². The molecule has 0 aromatic heterocycles. The molecule has 3 heteroatoms. The van der Waals surface area contributed by atoms with Gasteiger partial charge in [0.05, 0.1) is 0 Å². The molecule has 2 nitrogen and oxygen atoms in total. The third-order valence-electron chi connectivity index (χ3n) is 2.26. The molecule has 12 heavy (non-hydrogen) atoms. The van der Waals surface area contributed by atoms with Gasteiger partial charge in [0.25, 0.3) is 0 Å². The van der Waals surface area contributed by atoms with Crippen molar-refractivity contribution in [3.8, 4) is 0 Å². The van der Waals surface area contributed by atoms with Gasteiger partial charge in [-0.1, -0.05) is 38.9 Å². The van der Waals surface area contributed by atoms with E-state index in [0.29, 0.717) is 6.42 Å². The van der Waals surface area contributed by atoms with Crippen LogP contribution in [0, 0.1) is 0 Å². The molecule has 0 aliphatic heterocycles. The number of carbonyl (C=O) groups excluding carboxylic acids is 1. The number of primary amides is 1. The van der Waals surface area contributed by atoms with Gasteiger partial charge in [0.15, 0.2) is 0 Å².